The van der Waals surface area contributed by atoms with Gasteiger partial charge in [0.05, 0.1) is 13.2 Å². The molecule has 0 saturated carbocycles. The van der Waals surface area contributed by atoms with Crippen molar-refractivity contribution in [2.75, 3.05) is 33.5 Å². The van der Waals surface area contributed by atoms with E-state index in [1.165, 1.54) is 13.8 Å². The summed E-state index contributed by atoms with van der Waals surface area (Å²) in [5, 5.41) is 23.9. The molecule has 0 aliphatic rings. The second-order valence-corrected chi connectivity index (χ2v) is 7.18. The maximum Gasteiger partial charge on any atom is 0.287 e. The Kier molecular flexibility index (Phi) is 10.3. The average Bonchev–Trinajstić information content (AvgIpc) is 2.72. The van der Waals surface area contributed by atoms with Gasteiger partial charge >= 0.3 is 0 Å². The fourth-order valence-corrected chi connectivity index (χ4v) is 2.18. The van der Waals surface area contributed by atoms with Gasteiger partial charge in [-0.15, -0.1) is 0 Å². The summed E-state index contributed by atoms with van der Waals surface area (Å²) in [5.41, 5.74) is -0.205. The van der Waals surface area contributed by atoms with Crippen LogP contribution in [0, 0.1) is 5.41 Å². The number of hydrogen-bond acceptors (Lipinski definition) is 7. The second-order valence-electron chi connectivity index (χ2n) is 7.18. The minimum atomic E-state index is -1.42. The van der Waals surface area contributed by atoms with Crippen LogP contribution in [0.3, 0.4) is 0 Å². The number of methoxy groups -OCH3 is 1. The lowest BCUT2D eigenvalue weighted by Crippen LogP contribution is -2.46. The molecule has 0 spiro atoms. The molecule has 1 aromatic carbocycles. The second kappa shape index (κ2) is 12.2. The topological polar surface area (TPSA) is 134 Å². The molecule has 0 heterocycles. The molecule has 0 aromatic heterocycles. The molecule has 2 amide bonds. The minimum Gasteiger partial charge on any atom is -0.491 e. The average molecular weight is 410 g/mol. The summed E-state index contributed by atoms with van der Waals surface area (Å²) in [7, 11) is 1.59. The van der Waals surface area contributed by atoms with Crippen LogP contribution in [0.25, 0.3) is 0 Å². The van der Waals surface area contributed by atoms with Crippen molar-refractivity contribution in [3.8, 4) is 5.75 Å². The third kappa shape index (κ3) is 8.59. The van der Waals surface area contributed by atoms with E-state index in [2.05, 4.69) is 10.6 Å². The highest BCUT2D eigenvalue weighted by molar-refractivity contribution is 6.36. The molecule has 0 saturated heterocycles. The lowest BCUT2D eigenvalue weighted by Gasteiger charge is -2.27. The van der Waals surface area contributed by atoms with Gasteiger partial charge in [0.2, 0.25) is 11.7 Å². The van der Waals surface area contributed by atoms with E-state index in [4.69, 9.17) is 14.6 Å². The molecular weight excluding hydrogens is 380 g/mol. The Bertz CT molecular complexity index is 674. The molecule has 162 valence electrons. The first-order valence-electron chi connectivity index (χ1n) is 9.29. The van der Waals surface area contributed by atoms with E-state index in [9.17, 15) is 19.5 Å². The molecule has 29 heavy (non-hydrogen) atoms. The van der Waals surface area contributed by atoms with Crippen LogP contribution in [-0.4, -0.2) is 67.4 Å². The first-order chi connectivity index (χ1) is 13.7. The van der Waals surface area contributed by atoms with Gasteiger partial charge in [0.25, 0.3) is 5.91 Å². The normalized spacial score (nSPS) is 12.2. The Hall–Kier alpha value is -2.49. The largest absolute Gasteiger partial charge is 0.491 e. The van der Waals surface area contributed by atoms with Crippen molar-refractivity contribution in [2.45, 2.75) is 32.9 Å². The highest BCUT2D eigenvalue weighted by atomic mass is 16.5. The van der Waals surface area contributed by atoms with Gasteiger partial charge in [0.15, 0.2) is 0 Å². The number of carbonyl (C=O) groups is 3. The van der Waals surface area contributed by atoms with E-state index in [0.29, 0.717) is 19.0 Å². The standard InChI is InChI=1S/C20H30N2O7/c1-20(2,13-23)17(25)19(27)21-9-8-16(24)18(26)22-12-14-4-6-15(7-5-14)29-11-10-28-3/h4-7,17,23,25H,8-13H2,1-3H3,(H,21,27)(H,22,26). The fraction of sp³-hybridized carbons (Fsp3) is 0.550. The van der Waals surface area contributed by atoms with Crippen molar-refractivity contribution in [1.82, 2.24) is 10.6 Å². The predicted molar refractivity (Wildman–Crippen MR) is 105 cm³/mol. The monoisotopic (exact) mass is 410 g/mol. The molecule has 1 aromatic rings. The van der Waals surface area contributed by atoms with Gasteiger partial charge in [-0.05, 0) is 17.7 Å². The number of rotatable bonds is 13. The van der Waals surface area contributed by atoms with Gasteiger partial charge in [-0.2, -0.15) is 0 Å². The Labute approximate surface area is 170 Å². The third-order valence-electron chi connectivity index (χ3n) is 4.23. The predicted octanol–water partition coefficient (Wildman–Crippen LogP) is -0.217. The zero-order valence-electron chi connectivity index (χ0n) is 17.1. The zero-order chi connectivity index (χ0) is 21.9. The molecule has 1 unspecified atom stereocenters. The molecule has 4 N–H and O–H groups in total. The molecule has 9 heteroatoms. The number of amides is 2. The van der Waals surface area contributed by atoms with Crippen LogP contribution in [-0.2, 0) is 25.7 Å². The first-order valence-corrected chi connectivity index (χ1v) is 9.29. The van der Waals surface area contributed by atoms with Crippen LogP contribution >= 0.6 is 0 Å². The Morgan fingerprint density at radius 2 is 1.76 bits per heavy atom. The summed E-state index contributed by atoms with van der Waals surface area (Å²) >= 11 is 0. The number of nitrogens with one attached hydrogen (secondary N) is 2. The quantitative estimate of drug-likeness (QED) is 0.261. The van der Waals surface area contributed by atoms with Crippen molar-refractivity contribution in [2.24, 2.45) is 5.41 Å². The van der Waals surface area contributed by atoms with Gasteiger partial charge in [0, 0.05) is 32.0 Å². The van der Waals surface area contributed by atoms with Crippen molar-refractivity contribution in [3.63, 3.8) is 0 Å². The van der Waals surface area contributed by atoms with E-state index in [-0.39, 0.29) is 26.1 Å². The van der Waals surface area contributed by atoms with Crippen LogP contribution in [0.4, 0.5) is 0 Å². The highest BCUT2D eigenvalue weighted by Gasteiger charge is 2.32. The van der Waals surface area contributed by atoms with Crippen LogP contribution in [0.5, 0.6) is 5.75 Å². The third-order valence-corrected chi connectivity index (χ3v) is 4.23. The highest BCUT2D eigenvalue weighted by Crippen LogP contribution is 2.19. The van der Waals surface area contributed by atoms with Gasteiger partial charge in [-0.1, -0.05) is 26.0 Å². The van der Waals surface area contributed by atoms with Crippen LogP contribution in [0.1, 0.15) is 25.8 Å². The van der Waals surface area contributed by atoms with Crippen LogP contribution < -0.4 is 15.4 Å². The lowest BCUT2D eigenvalue weighted by molar-refractivity contribution is -0.139. The summed E-state index contributed by atoms with van der Waals surface area (Å²) < 4.78 is 10.3. The van der Waals surface area contributed by atoms with E-state index >= 15 is 0 Å². The fourth-order valence-electron chi connectivity index (χ4n) is 2.18. The number of benzene rings is 1. The number of aliphatic hydroxyl groups excluding tert-OH is 2. The van der Waals surface area contributed by atoms with Crippen LogP contribution in [0.2, 0.25) is 0 Å². The summed E-state index contributed by atoms with van der Waals surface area (Å²) in [4.78, 5) is 35.6. The van der Waals surface area contributed by atoms with Crippen molar-refractivity contribution in [1.29, 1.82) is 0 Å². The number of hydrogen-bond donors (Lipinski definition) is 4. The van der Waals surface area contributed by atoms with E-state index in [1.54, 1.807) is 31.4 Å². The molecule has 0 radical (unpaired) electrons. The molecule has 1 rings (SSSR count). The van der Waals surface area contributed by atoms with Gasteiger partial charge in [-0.25, -0.2) is 0 Å². The maximum absolute atomic E-state index is 11.9. The lowest BCUT2D eigenvalue weighted by atomic mass is 9.87. The van der Waals surface area contributed by atoms with Gasteiger partial charge < -0.3 is 30.3 Å². The Morgan fingerprint density at radius 3 is 2.34 bits per heavy atom. The SMILES string of the molecule is COCCOc1ccc(CNC(=O)C(=O)CCNC(=O)C(O)C(C)(C)CO)cc1. The van der Waals surface area contributed by atoms with E-state index < -0.39 is 29.1 Å². The van der Waals surface area contributed by atoms with Crippen molar-refractivity contribution < 1.29 is 34.1 Å². The number of Topliss-reactive ketones (excluding diaryl/α,β-unsaturated/α-hetero) is 1. The molecule has 0 aliphatic heterocycles. The molecule has 0 bridgehead atoms. The van der Waals surface area contributed by atoms with Gasteiger partial charge in [-0.3, -0.25) is 14.4 Å². The number of ether oxygens (including phenoxy) is 2. The zero-order valence-corrected chi connectivity index (χ0v) is 17.1. The maximum atomic E-state index is 11.9. The van der Waals surface area contributed by atoms with Crippen LogP contribution in [0.15, 0.2) is 24.3 Å². The smallest absolute Gasteiger partial charge is 0.287 e. The summed E-state index contributed by atoms with van der Waals surface area (Å²) in [6, 6.07) is 7.07. The van der Waals surface area contributed by atoms with Gasteiger partial charge in [0.1, 0.15) is 18.5 Å². The molecule has 1 atom stereocenters. The number of aliphatic hydroxyl groups is 2. The van der Waals surface area contributed by atoms with E-state index in [1.807, 2.05) is 0 Å². The van der Waals surface area contributed by atoms with Crippen molar-refractivity contribution >= 4 is 17.6 Å². The Balaban J connectivity index is 2.34. The number of ketones is 1. The Morgan fingerprint density at radius 1 is 1.10 bits per heavy atom. The summed E-state index contributed by atoms with van der Waals surface area (Å²) in [5.74, 6) is -1.46. The first kappa shape index (κ1) is 24.5. The minimum absolute atomic E-state index is 0.0861. The van der Waals surface area contributed by atoms with Crippen molar-refractivity contribution in [3.05, 3.63) is 29.8 Å². The summed E-state index contributed by atoms with van der Waals surface area (Å²) in [6.07, 6.45) is -1.62. The molecule has 0 fully saturated rings. The van der Waals surface area contributed by atoms with E-state index in [0.717, 1.165) is 5.56 Å². The molecular formula is C20H30N2O7. The number of carbonyl (C=O) groups excluding carboxylic acids is 3. The molecule has 0 aliphatic carbocycles. The molecule has 9 nitrogen and oxygen atoms in total. The summed E-state index contributed by atoms with van der Waals surface area (Å²) in [6.45, 7) is 3.71.